The van der Waals surface area contributed by atoms with Crippen LogP contribution in [0.25, 0.3) is 0 Å². The minimum absolute atomic E-state index is 0.213. The van der Waals surface area contributed by atoms with E-state index in [1.54, 1.807) is 0 Å². The molecule has 1 aliphatic heterocycles. The number of hydrogen-bond donors (Lipinski definition) is 1. The van der Waals surface area contributed by atoms with Gasteiger partial charge >= 0.3 is 0 Å². The van der Waals surface area contributed by atoms with Gasteiger partial charge in [0.15, 0.2) is 0 Å². The Morgan fingerprint density at radius 3 is 2.23 bits per heavy atom. The molecule has 0 aromatic rings. The molecule has 5 aliphatic rings. The molecule has 4 heteroatoms. The van der Waals surface area contributed by atoms with Crippen molar-refractivity contribution in [3.05, 3.63) is 0 Å². The minimum Gasteiger partial charge on any atom is -0.379 e. The summed E-state index contributed by atoms with van der Waals surface area (Å²) in [5, 5.41) is 3.36. The van der Waals surface area contributed by atoms with E-state index in [9.17, 15) is 4.79 Å². The number of ether oxygens (including phenoxy) is 1. The zero-order valence-electron chi connectivity index (χ0n) is 13.9. The van der Waals surface area contributed by atoms with Crippen LogP contribution in [0.5, 0.6) is 0 Å². The first-order valence-electron chi connectivity index (χ1n) is 9.22. The van der Waals surface area contributed by atoms with Gasteiger partial charge < -0.3 is 10.1 Å². The molecule has 4 saturated carbocycles. The highest BCUT2D eigenvalue weighted by Crippen LogP contribution is 2.61. The summed E-state index contributed by atoms with van der Waals surface area (Å²) >= 11 is 0. The Morgan fingerprint density at radius 1 is 1.14 bits per heavy atom. The standard InChI is InChI=1S/C18H30N2O2/c1-13(19-17(21)12-20-2-4-22-5-3-20)18-9-14-6-15(10-18)8-16(7-14)11-18/h13-16H,2-12H2,1H3,(H,19,21). The van der Waals surface area contributed by atoms with Gasteiger partial charge in [0.05, 0.1) is 19.8 Å². The monoisotopic (exact) mass is 306 g/mol. The van der Waals surface area contributed by atoms with Gasteiger partial charge in [-0.1, -0.05) is 0 Å². The van der Waals surface area contributed by atoms with Crippen molar-refractivity contribution in [1.82, 2.24) is 10.2 Å². The number of nitrogens with one attached hydrogen (secondary N) is 1. The normalized spacial score (nSPS) is 42.3. The van der Waals surface area contributed by atoms with Crippen LogP contribution < -0.4 is 5.32 Å². The molecular weight excluding hydrogens is 276 g/mol. The van der Waals surface area contributed by atoms with Crippen molar-refractivity contribution in [2.45, 2.75) is 51.5 Å². The number of rotatable bonds is 4. The maximum absolute atomic E-state index is 12.4. The van der Waals surface area contributed by atoms with E-state index >= 15 is 0 Å². The molecule has 0 spiro atoms. The fourth-order valence-electron chi connectivity index (χ4n) is 6.11. The predicted octanol–water partition coefficient (Wildman–Crippen LogP) is 2.04. The average molecular weight is 306 g/mol. The molecule has 1 N–H and O–H groups in total. The molecule has 0 aromatic carbocycles. The predicted molar refractivity (Wildman–Crippen MR) is 85.5 cm³/mol. The molecule has 4 bridgehead atoms. The molecule has 0 aromatic heterocycles. The number of morpholine rings is 1. The lowest BCUT2D eigenvalue weighted by atomic mass is 9.48. The van der Waals surface area contributed by atoms with E-state index in [4.69, 9.17) is 4.74 Å². The van der Waals surface area contributed by atoms with Gasteiger partial charge in [-0.2, -0.15) is 0 Å². The van der Waals surface area contributed by atoms with Crippen LogP contribution in [0.2, 0.25) is 0 Å². The summed E-state index contributed by atoms with van der Waals surface area (Å²) in [5.74, 6) is 3.06. The molecule has 1 amide bonds. The smallest absolute Gasteiger partial charge is 0.234 e. The number of carbonyl (C=O) groups is 1. The van der Waals surface area contributed by atoms with Crippen LogP contribution in [0, 0.1) is 23.2 Å². The first-order chi connectivity index (χ1) is 10.6. The van der Waals surface area contributed by atoms with Crippen molar-refractivity contribution >= 4 is 5.91 Å². The molecule has 1 unspecified atom stereocenters. The van der Waals surface area contributed by atoms with Crippen molar-refractivity contribution in [3.63, 3.8) is 0 Å². The maximum Gasteiger partial charge on any atom is 0.234 e. The van der Waals surface area contributed by atoms with Crippen molar-refractivity contribution in [2.24, 2.45) is 23.2 Å². The summed E-state index contributed by atoms with van der Waals surface area (Å²) in [6.07, 6.45) is 8.48. The van der Waals surface area contributed by atoms with Gasteiger partial charge in [0.1, 0.15) is 0 Å². The molecule has 0 radical (unpaired) electrons. The topological polar surface area (TPSA) is 41.6 Å². The van der Waals surface area contributed by atoms with E-state index in [1.165, 1.54) is 38.5 Å². The molecule has 5 fully saturated rings. The SMILES string of the molecule is CC(NC(=O)CN1CCOCC1)C12CC3CC(CC(C3)C1)C2. The van der Waals surface area contributed by atoms with Gasteiger partial charge in [0, 0.05) is 19.1 Å². The van der Waals surface area contributed by atoms with Crippen LogP contribution in [0.3, 0.4) is 0 Å². The lowest BCUT2D eigenvalue weighted by molar-refractivity contribution is -0.127. The van der Waals surface area contributed by atoms with Gasteiger partial charge in [-0.3, -0.25) is 9.69 Å². The van der Waals surface area contributed by atoms with Crippen LogP contribution in [-0.4, -0.2) is 49.7 Å². The molecule has 22 heavy (non-hydrogen) atoms. The molecule has 1 atom stereocenters. The van der Waals surface area contributed by atoms with Gasteiger partial charge in [0.25, 0.3) is 0 Å². The highest BCUT2D eigenvalue weighted by Gasteiger charge is 2.53. The first-order valence-corrected chi connectivity index (χ1v) is 9.22. The van der Waals surface area contributed by atoms with Crippen LogP contribution in [0.1, 0.15) is 45.4 Å². The van der Waals surface area contributed by atoms with E-state index in [-0.39, 0.29) is 5.91 Å². The zero-order valence-corrected chi connectivity index (χ0v) is 13.9. The van der Waals surface area contributed by atoms with E-state index in [2.05, 4.69) is 17.1 Å². The Bertz CT molecular complexity index is 396. The highest BCUT2D eigenvalue weighted by molar-refractivity contribution is 5.78. The summed E-state index contributed by atoms with van der Waals surface area (Å²) in [4.78, 5) is 14.6. The van der Waals surface area contributed by atoms with Gasteiger partial charge in [-0.25, -0.2) is 0 Å². The lowest BCUT2D eigenvalue weighted by Crippen LogP contribution is -2.57. The minimum atomic E-state index is 0.213. The lowest BCUT2D eigenvalue weighted by Gasteiger charge is -2.59. The maximum atomic E-state index is 12.4. The third kappa shape index (κ3) is 2.80. The second kappa shape index (κ2) is 5.79. The molecule has 5 rings (SSSR count). The van der Waals surface area contributed by atoms with Crippen LogP contribution in [0.4, 0.5) is 0 Å². The van der Waals surface area contributed by atoms with E-state index in [0.29, 0.717) is 18.0 Å². The first kappa shape index (κ1) is 14.9. The Morgan fingerprint density at radius 2 is 1.68 bits per heavy atom. The van der Waals surface area contributed by atoms with Crippen molar-refractivity contribution in [3.8, 4) is 0 Å². The fourth-order valence-corrected chi connectivity index (χ4v) is 6.11. The summed E-state index contributed by atoms with van der Waals surface area (Å²) < 4.78 is 5.35. The van der Waals surface area contributed by atoms with Crippen molar-refractivity contribution < 1.29 is 9.53 Å². The summed E-state index contributed by atoms with van der Waals surface area (Å²) in [6.45, 7) is 6.11. The third-order valence-electron chi connectivity index (χ3n) is 6.85. The number of amides is 1. The third-order valence-corrected chi connectivity index (χ3v) is 6.85. The van der Waals surface area contributed by atoms with Gasteiger partial charge in [-0.15, -0.1) is 0 Å². The largest absolute Gasteiger partial charge is 0.379 e. The summed E-state index contributed by atoms with van der Waals surface area (Å²) in [5.41, 5.74) is 0.412. The van der Waals surface area contributed by atoms with Gasteiger partial charge in [0.2, 0.25) is 5.91 Å². The molecule has 1 saturated heterocycles. The summed E-state index contributed by atoms with van der Waals surface area (Å²) in [7, 11) is 0. The second-order valence-electron chi connectivity index (χ2n) is 8.46. The fraction of sp³-hybridized carbons (Fsp3) is 0.944. The Hall–Kier alpha value is -0.610. The Kier molecular flexibility index (Phi) is 3.93. The number of nitrogens with zero attached hydrogens (tertiary/aromatic N) is 1. The molecular formula is C18H30N2O2. The quantitative estimate of drug-likeness (QED) is 0.864. The Labute approximate surface area is 134 Å². The van der Waals surface area contributed by atoms with E-state index in [1.807, 2.05) is 0 Å². The summed E-state index contributed by atoms with van der Waals surface area (Å²) in [6, 6.07) is 0.342. The highest BCUT2D eigenvalue weighted by atomic mass is 16.5. The average Bonchev–Trinajstić information content (AvgIpc) is 2.46. The number of carbonyl (C=O) groups excluding carboxylic acids is 1. The molecule has 4 nitrogen and oxygen atoms in total. The van der Waals surface area contributed by atoms with E-state index in [0.717, 1.165) is 44.1 Å². The van der Waals surface area contributed by atoms with Crippen molar-refractivity contribution in [1.29, 1.82) is 0 Å². The molecule has 4 aliphatic carbocycles. The molecule has 1 heterocycles. The van der Waals surface area contributed by atoms with E-state index < -0.39 is 0 Å². The van der Waals surface area contributed by atoms with Crippen molar-refractivity contribution in [2.75, 3.05) is 32.8 Å². The number of hydrogen-bond acceptors (Lipinski definition) is 3. The second-order valence-corrected chi connectivity index (χ2v) is 8.46. The Balaban J connectivity index is 1.35. The van der Waals surface area contributed by atoms with Crippen LogP contribution in [-0.2, 0) is 9.53 Å². The van der Waals surface area contributed by atoms with Crippen LogP contribution in [0.15, 0.2) is 0 Å². The van der Waals surface area contributed by atoms with Gasteiger partial charge in [-0.05, 0) is 68.6 Å². The zero-order chi connectivity index (χ0) is 15.2. The molecule has 124 valence electrons. The van der Waals surface area contributed by atoms with Crippen LogP contribution >= 0.6 is 0 Å².